The Kier molecular flexibility index (Phi) is 3.53. The number of H-pyrrole nitrogens is 1. The van der Waals surface area contributed by atoms with Crippen LogP contribution in [0.2, 0.25) is 0 Å². The molecule has 0 amide bonds. The molecule has 2 N–H and O–H groups in total. The molecular formula is C11H19N3O2S. The molecule has 1 fully saturated rings. The van der Waals surface area contributed by atoms with Gasteiger partial charge in [0.05, 0.1) is 12.5 Å². The molecule has 1 aliphatic carbocycles. The van der Waals surface area contributed by atoms with Crippen LogP contribution in [0.25, 0.3) is 0 Å². The summed E-state index contributed by atoms with van der Waals surface area (Å²) >= 11 is 0. The molecule has 3 unspecified atom stereocenters. The first-order chi connectivity index (χ1) is 8.04. The number of nitrogens with one attached hydrogen (secondary N) is 2. The topological polar surface area (TPSA) is 74.8 Å². The third-order valence-electron chi connectivity index (χ3n) is 3.82. The fourth-order valence-electron chi connectivity index (χ4n) is 2.64. The Bertz CT molecular complexity index is 455. The van der Waals surface area contributed by atoms with Gasteiger partial charge < -0.3 is 4.98 Å². The highest BCUT2D eigenvalue weighted by atomic mass is 32.2. The average molecular weight is 257 g/mol. The highest BCUT2D eigenvalue weighted by molar-refractivity contribution is 7.89. The van der Waals surface area contributed by atoms with Crippen molar-refractivity contribution in [2.45, 2.75) is 44.2 Å². The van der Waals surface area contributed by atoms with Crippen molar-refractivity contribution < 1.29 is 8.42 Å². The third kappa shape index (κ3) is 2.52. The Hall–Kier alpha value is -0.880. The second-order valence-corrected chi connectivity index (χ2v) is 6.43. The van der Waals surface area contributed by atoms with Crippen LogP contribution < -0.4 is 4.72 Å². The molecule has 0 spiro atoms. The molecule has 3 atom stereocenters. The van der Waals surface area contributed by atoms with E-state index in [2.05, 4.69) is 28.5 Å². The lowest BCUT2D eigenvalue weighted by Crippen LogP contribution is -2.37. The van der Waals surface area contributed by atoms with Crippen molar-refractivity contribution in [3.8, 4) is 0 Å². The Balaban J connectivity index is 2.08. The lowest BCUT2D eigenvalue weighted by Gasteiger charge is -2.20. The van der Waals surface area contributed by atoms with E-state index in [0.717, 1.165) is 19.3 Å². The Morgan fingerprint density at radius 1 is 1.53 bits per heavy atom. The van der Waals surface area contributed by atoms with Crippen LogP contribution in [-0.4, -0.2) is 24.4 Å². The van der Waals surface area contributed by atoms with Crippen molar-refractivity contribution in [1.29, 1.82) is 0 Å². The van der Waals surface area contributed by atoms with Crippen molar-refractivity contribution in [1.82, 2.24) is 14.7 Å². The summed E-state index contributed by atoms with van der Waals surface area (Å²) in [6.07, 6.45) is 5.85. The van der Waals surface area contributed by atoms with Crippen LogP contribution >= 0.6 is 0 Å². The number of hydrogen-bond acceptors (Lipinski definition) is 3. The van der Waals surface area contributed by atoms with E-state index in [1.165, 1.54) is 12.5 Å². The number of hydrogen-bond donors (Lipinski definition) is 2. The van der Waals surface area contributed by atoms with E-state index in [9.17, 15) is 8.42 Å². The van der Waals surface area contributed by atoms with Crippen LogP contribution in [0, 0.1) is 11.8 Å². The standard InChI is InChI=1S/C11H19N3O2S/c1-3-9-4-5-10(8(9)2)14-17(15,16)11-6-12-7-13-11/h6-10,14H,3-5H2,1-2H3,(H,12,13). The summed E-state index contributed by atoms with van der Waals surface area (Å²) < 4.78 is 26.8. The van der Waals surface area contributed by atoms with Crippen molar-refractivity contribution in [3.63, 3.8) is 0 Å². The van der Waals surface area contributed by atoms with Crippen LogP contribution in [0.15, 0.2) is 17.6 Å². The zero-order valence-electron chi connectivity index (χ0n) is 10.2. The van der Waals surface area contributed by atoms with Crippen LogP contribution in [-0.2, 0) is 10.0 Å². The first-order valence-electron chi connectivity index (χ1n) is 6.05. The van der Waals surface area contributed by atoms with Gasteiger partial charge in [0.25, 0.3) is 10.0 Å². The van der Waals surface area contributed by atoms with Gasteiger partial charge in [-0.1, -0.05) is 20.3 Å². The van der Waals surface area contributed by atoms with Crippen LogP contribution in [0.4, 0.5) is 0 Å². The number of aromatic nitrogens is 2. The monoisotopic (exact) mass is 257 g/mol. The predicted octanol–water partition coefficient (Wildman–Crippen LogP) is 1.51. The van der Waals surface area contributed by atoms with Crippen LogP contribution in [0.1, 0.15) is 33.1 Å². The molecule has 5 nitrogen and oxygen atoms in total. The van der Waals surface area contributed by atoms with E-state index in [1.54, 1.807) is 0 Å². The van der Waals surface area contributed by atoms with Gasteiger partial charge in [0.1, 0.15) is 0 Å². The van der Waals surface area contributed by atoms with E-state index in [1.807, 2.05) is 0 Å². The number of nitrogens with zero attached hydrogens (tertiary/aromatic N) is 1. The summed E-state index contributed by atoms with van der Waals surface area (Å²) in [6, 6.07) is 0.0493. The maximum atomic E-state index is 12.0. The normalized spacial score (nSPS) is 29.6. The first kappa shape index (κ1) is 12.6. The molecule has 6 heteroatoms. The fourth-order valence-corrected chi connectivity index (χ4v) is 3.91. The minimum atomic E-state index is -3.43. The largest absolute Gasteiger partial charge is 0.335 e. The Labute approximate surface area is 102 Å². The number of sulfonamides is 1. The molecule has 2 rings (SSSR count). The lowest BCUT2D eigenvalue weighted by molar-refractivity contribution is 0.368. The van der Waals surface area contributed by atoms with Gasteiger partial charge in [-0.05, 0) is 24.7 Å². The summed E-state index contributed by atoms with van der Waals surface area (Å²) in [5.74, 6) is 1.03. The first-order valence-corrected chi connectivity index (χ1v) is 7.53. The third-order valence-corrected chi connectivity index (χ3v) is 5.24. The van der Waals surface area contributed by atoms with Crippen molar-refractivity contribution in [2.24, 2.45) is 11.8 Å². The number of imidazole rings is 1. The summed E-state index contributed by atoms with van der Waals surface area (Å²) in [5.41, 5.74) is 0. The van der Waals surface area contributed by atoms with Gasteiger partial charge in [-0.3, -0.25) is 0 Å². The molecule has 96 valence electrons. The maximum Gasteiger partial charge on any atom is 0.257 e. The molecule has 1 saturated carbocycles. The van der Waals surface area contributed by atoms with E-state index in [-0.39, 0.29) is 11.1 Å². The van der Waals surface area contributed by atoms with Crippen LogP contribution in [0.5, 0.6) is 0 Å². The number of rotatable bonds is 4. The molecule has 0 bridgehead atoms. The quantitative estimate of drug-likeness (QED) is 0.858. The van der Waals surface area contributed by atoms with Gasteiger partial charge in [0.2, 0.25) is 0 Å². The van der Waals surface area contributed by atoms with E-state index >= 15 is 0 Å². The molecule has 17 heavy (non-hydrogen) atoms. The number of aromatic amines is 1. The predicted molar refractivity (Wildman–Crippen MR) is 64.9 cm³/mol. The SMILES string of the molecule is CCC1CCC(NS(=O)(=O)c2cnc[nH]2)C1C. The van der Waals surface area contributed by atoms with Gasteiger partial charge in [0, 0.05) is 6.04 Å². The minimum absolute atomic E-state index is 0.0493. The summed E-state index contributed by atoms with van der Waals surface area (Å²) in [4.78, 5) is 6.37. The molecule has 1 aromatic heterocycles. The molecule has 0 saturated heterocycles. The fraction of sp³-hybridized carbons (Fsp3) is 0.727. The van der Waals surface area contributed by atoms with Crippen LogP contribution in [0.3, 0.4) is 0 Å². The molecule has 1 heterocycles. The summed E-state index contributed by atoms with van der Waals surface area (Å²) in [5, 5.41) is 0.143. The second kappa shape index (κ2) is 4.78. The summed E-state index contributed by atoms with van der Waals surface area (Å²) in [7, 11) is -3.43. The van der Waals surface area contributed by atoms with Crippen molar-refractivity contribution in [3.05, 3.63) is 12.5 Å². The summed E-state index contributed by atoms with van der Waals surface area (Å²) in [6.45, 7) is 4.29. The zero-order chi connectivity index (χ0) is 12.5. The van der Waals surface area contributed by atoms with Gasteiger partial charge in [0.15, 0.2) is 5.03 Å². The van der Waals surface area contributed by atoms with E-state index < -0.39 is 10.0 Å². The van der Waals surface area contributed by atoms with Gasteiger partial charge >= 0.3 is 0 Å². The lowest BCUT2D eigenvalue weighted by atomic mass is 9.94. The van der Waals surface area contributed by atoms with Crippen molar-refractivity contribution in [2.75, 3.05) is 0 Å². The zero-order valence-corrected chi connectivity index (χ0v) is 11.0. The maximum absolute atomic E-state index is 12.0. The average Bonchev–Trinajstić information content (AvgIpc) is 2.90. The second-order valence-electron chi connectivity index (χ2n) is 4.75. The molecule has 1 aliphatic rings. The minimum Gasteiger partial charge on any atom is -0.335 e. The van der Waals surface area contributed by atoms with E-state index in [0.29, 0.717) is 11.8 Å². The molecular weight excluding hydrogens is 238 g/mol. The molecule has 0 aliphatic heterocycles. The Morgan fingerprint density at radius 3 is 2.82 bits per heavy atom. The smallest absolute Gasteiger partial charge is 0.257 e. The van der Waals surface area contributed by atoms with Gasteiger partial charge in [-0.25, -0.2) is 18.1 Å². The van der Waals surface area contributed by atoms with E-state index in [4.69, 9.17) is 0 Å². The Morgan fingerprint density at radius 2 is 2.29 bits per heavy atom. The molecule has 0 aromatic carbocycles. The van der Waals surface area contributed by atoms with Gasteiger partial charge in [-0.15, -0.1) is 0 Å². The highest BCUT2D eigenvalue weighted by Crippen LogP contribution is 2.34. The molecule has 1 aromatic rings. The molecule has 0 radical (unpaired) electrons. The van der Waals surface area contributed by atoms with Crippen molar-refractivity contribution >= 4 is 10.0 Å². The highest BCUT2D eigenvalue weighted by Gasteiger charge is 2.34. The van der Waals surface area contributed by atoms with Gasteiger partial charge in [-0.2, -0.15) is 0 Å².